The number of non-ortho nitro benzene ring substituents is 1. The topological polar surface area (TPSA) is 67.6 Å². The lowest BCUT2D eigenvalue weighted by Gasteiger charge is -2.36. The summed E-state index contributed by atoms with van der Waals surface area (Å²) >= 11 is 0. The summed E-state index contributed by atoms with van der Waals surface area (Å²) in [5.41, 5.74) is 0.904. The maximum absolute atomic E-state index is 10.9. The van der Waals surface area contributed by atoms with Crippen molar-refractivity contribution in [2.24, 2.45) is 0 Å². The Morgan fingerprint density at radius 1 is 1.22 bits per heavy atom. The zero-order valence-electron chi connectivity index (χ0n) is 13.7. The average molecular weight is 319 g/mol. The number of nitrogens with zero attached hydrogens (tertiary/aromatic N) is 2. The van der Waals surface area contributed by atoms with E-state index in [9.17, 15) is 10.1 Å². The van der Waals surface area contributed by atoms with Gasteiger partial charge in [-0.25, -0.2) is 0 Å². The van der Waals surface area contributed by atoms with Gasteiger partial charge >= 0.3 is 0 Å². The van der Waals surface area contributed by atoms with Gasteiger partial charge in [-0.3, -0.25) is 10.1 Å². The molecule has 0 spiro atoms. The Balaban J connectivity index is 1.58. The molecule has 23 heavy (non-hydrogen) atoms. The summed E-state index contributed by atoms with van der Waals surface area (Å²) in [5.74, 6) is 0.539. The van der Waals surface area contributed by atoms with Crippen LogP contribution in [0.2, 0.25) is 0 Å². The summed E-state index contributed by atoms with van der Waals surface area (Å²) in [5, 5.41) is 14.4. The van der Waals surface area contributed by atoms with Gasteiger partial charge in [0.1, 0.15) is 5.75 Å². The lowest BCUT2D eigenvalue weighted by atomic mass is 10.0. The molecule has 0 unspecified atom stereocenters. The fourth-order valence-corrected chi connectivity index (χ4v) is 3.81. The largest absolute Gasteiger partial charge is 0.494 e. The fraction of sp³-hybridized carbons (Fsp3) is 0.647. The van der Waals surface area contributed by atoms with Gasteiger partial charge in [-0.15, -0.1) is 0 Å². The number of likely N-dealkylation sites (tertiary alicyclic amines) is 1. The number of anilines is 1. The number of methoxy groups -OCH3 is 1. The zero-order chi connectivity index (χ0) is 16.2. The first-order chi connectivity index (χ1) is 11.2. The molecule has 0 amide bonds. The highest BCUT2D eigenvalue weighted by Gasteiger charge is 2.27. The highest BCUT2D eigenvalue weighted by atomic mass is 16.6. The molecule has 0 atom stereocenters. The molecule has 1 aliphatic carbocycles. The van der Waals surface area contributed by atoms with Gasteiger partial charge in [-0.05, 0) is 31.7 Å². The fourth-order valence-electron chi connectivity index (χ4n) is 3.81. The van der Waals surface area contributed by atoms with E-state index in [0.29, 0.717) is 11.8 Å². The lowest BCUT2D eigenvalue weighted by molar-refractivity contribution is -0.384. The molecule has 0 radical (unpaired) electrons. The van der Waals surface area contributed by atoms with E-state index in [4.69, 9.17) is 4.74 Å². The Hall–Kier alpha value is -1.82. The van der Waals surface area contributed by atoms with Crippen molar-refractivity contribution >= 4 is 11.4 Å². The van der Waals surface area contributed by atoms with Crippen LogP contribution < -0.4 is 10.1 Å². The number of rotatable bonds is 5. The van der Waals surface area contributed by atoms with Gasteiger partial charge < -0.3 is 15.0 Å². The van der Waals surface area contributed by atoms with E-state index in [-0.39, 0.29) is 5.69 Å². The lowest BCUT2D eigenvalue weighted by Crippen LogP contribution is -2.43. The third-order valence-electron chi connectivity index (χ3n) is 5.13. The minimum absolute atomic E-state index is 0.0588. The number of benzene rings is 1. The van der Waals surface area contributed by atoms with Crippen molar-refractivity contribution in [1.29, 1.82) is 0 Å². The summed E-state index contributed by atoms with van der Waals surface area (Å²) < 4.78 is 5.30. The Labute approximate surface area is 137 Å². The minimum atomic E-state index is -0.396. The summed E-state index contributed by atoms with van der Waals surface area (Å²) in [7, 11) is 1.55. The number of nitro groups is 1. The van der Waals surface area contributed by atoms with Crippen LogP contribution in [0, 0.1) is 10.1 Å². The molecule has 126 valence electrons. The predicted octanol–water partition coefficient (Wildman–Crippen LogP) is 3.42. The van der Waals surface area contributed by atoms with E-state index in [1.165, 1.54) is 37.8 Å². The molecule has 0 aromatic heterocycles. The number of hydrogen-bond donors (Lipinski definition) is 1. The van der Waals surface area contributed by atoms with Crippen LogP contribution in [0.15, 0.2) is 18.2 Å². The second kappa shape index (κ2) is 7.17. The highest BCUT2D eigenvalue weighted by Crippen LogP contribution is 2.32. The van der Waals surface area contributed by atoms with Gasteiger partial charge in [0.15, 0.2) is 0 Å². The SMILES string of the molecule is COc1cc([N+](=O)[O-])ccc1NC1CCN(C2CCCC2)CC1. The van der Waals surface area contributed by atoms with E-state index < -0.39 is 4.92 Å². The van der Waals surface area contributed by atoms with Crippen LogP contribution in [-0.4, -0.2) is 42.1 Å². The van der Waals surface area contributed by atoms with Crippen LogP contribution in [0.3, 0.4) is 0 Å². The second-order valence-corrected chi connectivity index (χ2v) is 6.53. The van der Waals surface area contributed by atoms with Crippen molar-refractivity contribution in [3.63, 3.8) is 0 Å². The molecule has 1 N–H and O–H groups in total. The number of nitrogens with one attached hydrogen (secondary N) is 1. The van der Waals surface area contributed by atoms with Crippen molar-refractivity contribution < 1.29 is 9.66 Å². The van der Waals surface area contributed by atoms with Crippen molar-refractivity contribution in [2.45, 2.75) is 50.6 Å². The van der Waals surface area contributed by atoms with Gasteiger partial charge in [-0.1, -0.05) is 12.8 Å². The molecule has 6 nitrogen and oxygen atoms in total. The molecular formula is C17H25N3O3. The van der Waals surface area contributed by atoms with Crippen LogP contribution in [0.4, 0.5) is 11.4 Å². The van der Waals surface area contributed by atoms with Gasteiger partial charge in [0.05, 0.1) is 23.8 Å². The third-order valence-corrected chi connectivity index (χ3v) is 5.13. The Morgan fingerprint density at radius 3 is 2.52 bits per heavy atom. The number of piperidine rings is 1. The van der Waals surface area contributed by atoms with Gasteiger partial charge in [0.25, 0.3) is 5.69 Å². The van der Waals surface area contributed by atoms with E-state index in [0.717, 1.165) is 37.7 Å². The van der Waals surface area contributed by atoms with Gasteiger partial charge in [-0.2, -0.15) is 0 Å². The Bertz CT molecular complexity index is 550. The Kier molecular flexibility index (Phi) is 5.00. The molecular weight excluding hydrogens is 294 g/mol. The van der Waals surface area contributed by atoms with Crippen LogP contribution in [0.25, 0.3) is 0 Å². The van der Waals surface area contributed by atoms with Crippen molar-refractivity contribution in [3.05, 3.63) is 28.3 Å². The molecule has 1 heterocycles. The summed E-state index contributed by atoms with van der Waals surface area (Å²) in [6.07, 6.45) is 7.68. The predicted molar refractivity (Wildman–Crippen MR) is 90.1 cm³/mol. The second-order valence-electron chi connectivity index (χ2n) is 6.53. The van der Waals surface area contributed by atoms with E-state index in [1.54, 1.807) is 13.2 Å². The monoisotopic (exact) mass is 319 g/mol. The molecule has 1 saturated heterocycles. The van der Waals surface area contributed by atoms with Crippen molar-refractivity contribution in [2.75, 3.05) is 25.5 Å². The first kappa shape index (κ1) is 16.1. The normalized spacial score (nSPS) is 20.6. The maximum atomic E-state index is 10.9. The molecule has 3 rings (SSSR count). The zero-order valence-corrected chi connectivity index (χ0v) is 13.7. The quantitative estimate of drug-likeness (QED) is 0.665. The molecule has 1 aromatic carbocycles. The molecule has 2 aliphatic rings. The van der Waals surface area contributed by atoms with Crippen molar-refractivity contribution in [1.82, 2.24) is 4.90 Å². The standard InChI is InChI=1S/C17H25N3O3/c1-23-17-12-15(20(21)22)6-7-16(17)18-13-8-10-19(11-9-13)14-4-2-3-5-14/h6-7,12-14,18H,2-5,8-11H2,1H3. The third kappa shape index (κ3) is 3.75. The van der Waals surface area contributed by atoms with E-state index in [2.05, 4.69) is 10.2 Å². The molecule has 6 heteroatoms. The van der Waals surface area contributed by atoms with Crippen molar-refractivity contribution in [3.8, 4) is 5.75 Å². The highest BCUT2D eigenvalue weighted by molar-refractivity contribution is 5.61. The first-order valence-corrected chi connectivity index (χ1v) is 8.50. The molecule has 0 bridgehead atoms. The smallest absolute Gasteiger partial charge is 0.273 e. The minimum Gasteiger partial charge on any atom is -0.494 e. The number of nitro benzene ring substituents is 1. The maximum Gasteiger partial charge on any atom is 0.273 e. The molecule has 1 saturated carbocycles. The number of ether oxygens (including phenoxy) is 1. The van der Waals surface area contributed by atoms with Crippen LogP contribution >= 0.6 is 0 Å². The Morgan fingerprint density at radius 2 is 1.91 bits per heavy atom. The van der Waals surface area contributed by atoms with Gasteiger partial charge in [0, 0.05) is 31.2 Å². The van der Waals surface area contributed by atoms with Crippen LogP contribution in [0.5, 0.6) is 5.75 Å². The molecule has 2 fully saturated rings. The van der Waals surface area contributed by atoms with E-state index >= 15 is 0 Å². The van der Waals surface area contributed by atoms with E-state index in [1.807, 2.05) is 0 Å². The summed E-state index contributed by atoms with van der Waals surface area (Å²) in [4.78, 5) is 13.1. The van der Waals surface area contributed by atoms with Gasteiger partial charge in [0.2, 0.25) is 0 Å². The summed E-state index contributed by atoms with van der Waals surface area (Å²) in [6.45, 7) is 2.27. The first-order valence-electron chi connectivity index (χ1n) is 8.50. The summed E-state index contributed by atoms with van der Waals surface area (Å²) in [6, 6.07) is 5.96. The van der Waals surface area contributed by atoms with Crippen LogP contribution in [-0.2, 0) is 0 Å². The molecule has 1 aliphatic heterocycles. The average Bonchev–Trinajstić information content (AvgIpc) is 3.10. The molecule has 1 aromatic rings. The number of hydrogen-bond acceptors (Lipinski definition) is 5. The van der Waals surface area contributed by atoms with Crippen LogP contribution in [0.1, 0.15) is 38.5 Å².